The number of aryl methyl sites for hydroxylation is 1. The summed E-state index contributed by atoms with van der Waals surface area (Å²) in [5.74, 6) is -0.219. The van der Waals surface area contributed by atoms with Crippen LogP contribution in [0.1, 0.15) is 27.9 Å². The molecule has 1 aliphatic rings. The van der Waals surface area contributed by atoms with Gasteiger partial charge in [-0.2, -0.15) is 0 Å². The Morgan fingerprint density at radius 2 is 2.04 bits per heavy atom. The van der Waals surface area contributed by atoms with Gasteiger partial charge in [-0.3, -0.25) is 9.10 Å². The zero-order chi connectivity index (χ0) is 19.3. The Morgan fingerprint density at radius 1 is 1.26 bits per heavy atom. The molecule has 27 heavy (non-hydrogen) atoms. The molecule has 1 aliphatic heterocycles. The maximum Gasteiger partial charge on any atom is 0.255 e. The smallest absolute Gasteiger partial charge is 0.255 e. The average Bonchev–Trinajstić information content (AvgIpc) is 3.10. The normalized spacial score (nSPS) is 16.6. The molecule has 4 rings (SSSR count). The molecule has 0 spiro atoms. The lowest BCUT2D eigenvalue weighted by atomic mass is 10.1. The van der Waals surface area contributed by atoms with Crippen molar-refractivity contribution in [2.24, 2.45) is 0 Å². The lowest BCUT2D eigenvalue weighted by Gasteiger charge is -2.21. The fraction of sp³-hybridized carbons (Fsp3) is 0.263. The molecule has 6 nitrogen and oxygen atoms in total. The van der Waals surface area contributed by atoms with Crippen molar-refractivity contribution in [3.63, 3.8) is 0 Å². The summed E-state index contributed by atoms with van der Waals surface area (Å²) >= 11 is 1.58. The zero-order valence-electron chi connectivity index (χ0n) is 15.2. The van der Waals surface area contributed by atoms with Crippen molar-refractivity contribution >= 4 is 48.9 Å². The van der Waals surface area contributed by atoms with Gasteiger partial charge in [-0.1, -0.05) is 0 Å². The molecule has 0 saturated heterocycles. The molecule has 1 aromatic heterocycles. The highest BCUT2D eigenvalue weighted by Gasteiger charge is 2.32. The van der Waals surface area contributed by atoms with Crippen LogP contribution in [-0.2, 0) is 16.4 Å². The van der Waals surface area contributed by atoms with E-state index in [-0.39, 0.29) is 11.9 Å². The van der Waals surface area contributed by atoms with Crippen molar-refractivity contribution in [2.75, 3.05) is 15.9 Å². The molecule has 0 fully saturated rings. The summed E-state index contributed by atoms with van der Waals surface area (Å²) in [7, 11) is -3.34. The average molecular weight is 402 g/mol. The van der Waals surface area contributed by atoms with Crippen LogP contribution in [0.4, 0.5) is 11.4 Å². The van der Waals surface area contributed by atoms with Gasteiger partial charge in [-0.25, -0.2) is 13.4 Å². The maximum atomic E-state index is 12.7. The maximum absolute atomic E-state index is 12.7. The molecular weight excluding hydrogens is 382 g/mol. The number of hydrogen-bond acceptors (Lipinski definition) is 5. The summed E-state index contributed by atoms with van der Waals surface area (Å²) in [6.07, 6.45) is 1.80. The third-order valence-electron chi connectivity index (χ3n) is 4.61. The van der Waals surface area contributed by atoms with Crippen LogP contribution in [0.25, 0.3) is 10.2 Å². The highest BCUT2D eigenvalue weighted by molar-refractivity contribution is 7.92. The number of benzene rings is 2. The van der Waals surface area contributed by atoms with E-state index in [1.807, 2.05) is 32.0 Å². The number of anilines is 2. The summed E-state index contributed by atoms with van der Waals surface area (Å²) < 4.78 is 26.5. The van der Waals surface area contributed by atoms with Crippen molar-refractivity contribution in [1.29, 1.82) is 0 Å². The second-order valence-corrected chi connectivity index (χ2v) is 9.92. The van der Waals surface area contributed by atoms with Gasteiger partial charge in [-0.15, -0.1) is 11.3 Å². The molecule has 8 heteroatoms. The van der Waals surface area contributed by atoms with E-state index in [4.69, 9.17) is 0 Å². The van der Waals surface area contributed by atoms with Crippen LogP contribution in [-0.4, -0.2) is 31.6 Å². The summed E-state index contributed by atoms with van der Waals surface area (Å²) in [5, 5.41) is 3.89. The van der Waals surface area contributed by atoms with Gasteiger partial charge in [0, 0.05) is 17.3 Å². The number of nitrogens with zero attached hydrogens (tertiary/aromatic N) is 2. The standard InChI is InChI=1S/C19H19N3O3S2/c1-11-8-14-9-13(4-7-17(14)22(11)27(3,24)25)19(23)21-15-5-6-16-18(10-15)26-12(2)20-16/h4-7,9-11H,8H2,1-3H3,(H,21,23)/t11-/m0/s1. The van der Waals surface area contributed by atoms with Crippen LogP contribution >= 0.6 is 11.3 Å². The van der Waals surface area contributed by atoms with Gasteiger partial charge in [0.05, 0.1) is 27.2 Å². The highest BCUT2D eigenvalue weighted by atomic mass is 32.2. The molecule has 2 heterocycles. The molecule has 0 aliphatic carbocycles. The topological polar surface area (TPSA) is 79.4 Å². The second-order valence-electron chi connectivity index (χ2n) is 6.82. The quantitative estimate of drug-likeness (QED) is 0.728. The van der Waals surface area contributed by atoms with Gasteiger partial charge in [0.1, 0.15) is 0 Å². The third kappa shape index (κ3) is 3.30. The predicted molar refractivity (Wildman–Crippen MR) is 109 cm³/mol. The number of thiazole rings is 1. The van der Waals surface area contributed by atoms with E-state index in [2.05, 4.69) is 10.3 Å². The molecular formula is C19H19N3O3S2. The number of carbonyl (C=O) groups excluding carboxylic acids is 1. The molecule has 3 aromatic rings. The highest BCUT2D eigenvalue weighted by Crippen LogP contribution is 2.35. The number of hydrogen-bond donors (Lipinski definition) is 1. The van der Waals surface area contributed by atoms with Gasteiger partial charge in [0.15, 0.2) is 0 Å². The van der Waals surface area contributed by atoms with E-state index in [0.717, 1.165) is 20.8 Å². The Bertz CT molecular complexity index is 1170. The molecule has 140 valence electrons. The largest absolute Gasteiger partial charge is 0.322 e. The number of carbonyl (C=O) groups is 1. The van der Waals surface area contributed by atoms with Gasteiger partial charge >= 0.3 is 0 Å². The lowest BCUT2D eigenvalue weighted by molar-refractivity contribution is 0.102. The van der Waals surface area contributed by atoms with Crippen molar-refractivity contribution in [2.45, 2.75) is 26.3 Å². The van der Waals surface area contributed by atoms with Crippen LogP contribution in [0.3, 0.4) is 0 Å². The molecule has 0 bridgehead atoms. The first kappa shape index (κ1) is 17.9. The number of sulfonamides is 1. The number of rotatable bonds is 3. The molecule has 0 unspecified atom stereocenters. The molecule has 1 N–H and O–H groups in total. The minimum atomic E-state index is -3.34. The van der Waals surface area contributed by atoms with E-state index in [9.17, 15) is 13.2 Å². The van der Waals surface area contributed by atoms with Crippen LogP contribution in [0, 0.1) is 6.92 Å². The molecule has 1 atom stereocenters. The number of amides is 1. The third-order valence-corrected chi connectivity index (χ3v) is 6.81. The Balaban J connectivity index is 1.60. The minimum Gasteiger partial charge on any atom is -0.322 e. The Hall–Kier alpha value is -2.45. The van der Waals surface area contributed by atoms with Crippen molar-refractivity contribution in [3.05, 3.63) is 52.5 Å². The fourth-order valence-corrected chi connectivity index (χ4v) is 5.70. The molecule has 1 amide bonds. The molecule has 0 saturated carbocycles. The number of nitrogens with one attached hydrogen (secondary N) is 1. The van der Waals surface area contributed by atoms with E-state index in [1.165, 1.54) is 10.6 Å². The van der Waals surface area contributed by atoms with Gasteiger partial charge in [-0.05, 0) is 62.2 Å². The van der Waals surface area contributed by atoms with Crippen LogP contribution < -0.4 is 9.62 Å². The van der Waals surface area contributed by atoms with Crippen molar-refractivity contribution in [1.82, 2.24) is 4.98 Å². The second kappa shape index (κ2) is 6.31. The molecule has 2 aromatic carbocycles. The number of aromatic nitrogens is 1. The van der Waals surface area contributed by atoms with Crippen LogP contribution in [0.2, 0.25) is 0 Å². The fourth-order valence-electron chi connectivity index (χ4n) is 3.57. The minimum absolute atomic E-state index is 0.148. The SMILES string of the molecule is Cc1nc2ccc(NC(=O)c3ccc4c(c3)C[C@H](C)N4S(C)(=O)=O)cc2s1. The monoisotopic (exact) mass is 401 g/mol. The summed E-state index contributed by atoms with van der Waals surface area (Å²) in [6, 6.07) is 10.7. The van der Waals surface area contributed by atoms with Gasteiger partial charge < -0.3 is 5.32 Å². The van der Waals surface area contributed by atoms with E-state index in [1.54, 1.807) is 29.5 Å². The van der Waals surface area contributed by atoms with E-state index >= 15 is 0 Å². The van der Waals surface area contributed by atoms with Gasteiger partial charge in [0.2, 0.25) is 10.0 Å². The van der Waals surface area contributed by atoms with Gasteiger partial charge in [0.25, 0.3) is 5.91 Å². The Kier molecular flexibility index (Phi) is 4.20. The lowest BCUT2D eigenvalue weighted by Crippen LogP contribution is -2.34. The van der Waals surface area contributed by atoms with E-state index < -0.39 is 10.0 Å². The first-order chi connectivity index (χ1) is 12.7. The summed E-state index contributed by atoms with van der Waals surface area (Å²) in [6.45, 7) is 3.82. The van der Waals surface area contributed by atoms with E-state index in [0.29, 0.717) is 23.4 Å². The van der Waals surface area contributed by atoms with Crippen molar-refractivity contribution in [3.8, 4) is 0 Å². The Morgan fingerprint density at radius 3 is 2.78 bits per heavy atom. The number of fused-ring (bicyclic) bond motifs is 2. The predicted octanol–water partition coefficient (Wildman–Crippen LogP) is 3.57. The van der Waals surface area contributed by atoms with Crippen molar-refractivity contribution < 1.29 is 13.2 Å². The Labute approximate surface area is 161 Å². The summed E-state index contributed by atoms with van der Waals surface area (Å²) in [4.78, 5) is 17.1. The van der Waals surface area contributed by atoms with Crippen LogP contribution in [0.15, 0.2) is 36.4 Å². The zero-order valence-corrected chi connectivity index (χ0v) is 16.8. The molecule has 0 radical (unpaired) electrons. The van der Waals surface area contributed by atoms with Crippen LogP contribution in [0.5, 0.6) is 0 Å². The first-order valence-corrected chi connectivity index (χ1v) is 11.2. The first-order valence-electron chi connectivity index (χ1n) is 8.53. The summed E-state index contributed by atoms with van der Waals surface area (Å²) in [5.41, 5.74) is 3.67.